The topological polar surface area (TPSA) is 12.0 Å². The molecule has 1 N–H and O–H groups in total. The van der Waals surface area contributed by atoms with E-state index in [0.29, 0.717) is 5.92 Å². The van der Waals surface area contributed by atoms with Crippen molar-refractivity contribution < 1.29 is 8.78 Å². The maximum atomic E-state index is 13.0. The van der Waals surface area contributed by atoms with Crippen molar-refractivity contribution in [3.8, 4) is 0 Å². The van der Waals surface area contributed by atoms with Gasteiger partial charge in [0.05, 0.1) is 0 Å². The van der Waals surface area contributed by atoms with Gasteiger partial charge in [-0.15, -0.1) is 11.8 Å². The van der Waals surface area contributed by atoms with Gasteiger partial charge in [-0.1, -0.05) is 6.92 Å². The van der Waals surface area contributed by atoms with Crippen LogP contribution >= 0.6 is 11.8 Å². The van der Waals surface area contributed by atoms with E-state index >= 15 is 0 Å². The van der Waals surface area contributed by atoms with E-state index in [1.165, 1.54) is 12.1 Å². The fourth-order valence-corrected chi connectivity index (χ4v) is 2.29. The Morgan fingerprint density at radius 1 is 1.22 bits per heavy atom. The minimum absolute atomic E-state index is 0.112. The molecule has 18 heavy (non-hydrogen) atoms. The van der Waals surface area contributed by atoms with Gasteiger partial charge in [-0.2, -0.15) is 0 Å². The van der Waals surface area contributed by atoms with Gasteiger partial charge in [-0.25, -0.2) is 8.78 Å². The van der Waals surface area contributed by atoms with Gasteiger partial charge in [0.25, 0.3) is 0 Å². The first-order valence-electron chi connectivity index (χ1n) is 6.11. The SMILES string of the molecule is CC(CNC(C)(C)C)CSc1ccc(F)c(F)c1. The molecule has 4 heteroatoms. The molecule has 1 aromatic rings. The minimum Gasteiger partial charge on any atom is -0.312 e. The number of benzene rings is 1. The highest BCUT2D eigenvalue weighted by Crippen LogP contribution is 2.22. The van der Waals surface area contributed by atoms with Crippen LogP contribution in [0.25, 0.3) is 0 Å². The van der Waals surface area contributed by atoms with Crippen LogP contribution in [0.5, 0.6) is 0 Å². The average Bonchev–Trinajstić information content (AvgIpc) is 2.27. The van der Waals surface area contributed by atoms with Crippen molar-refractivity contribution in [2.45, 2.75) is 38.1 Å². The van der Waals surface area contributed by atoms with Crippen molar-refractivity contribution in [1.82, 2.24) is 5.32 Å². The lowest BCUT2D eigenvalue weighted by Crippen LogP contribution is -2.39. The quantitative estimate of drug-likeness (QED) is 0.811. The van der Waals surface area contributed by atoms with Gasteiger partial charge in [0.1, 0.15) is 0 Å². The molecule has 0 saturated heterocycles. The van der Waals surface area contributed by atoms with E-state index in [0.717, 1.165) is 17.2 Å². The molecule has 1 aromatic carbocycles. The third-order valence-corrected chi connectivity index (χ3v) is 3.73. The molecule has 102 valence electrons. The van der Waals surface area contributed by atoms with Crippen LogP contribution in [0.3, 0.4) is 0 Å². The molecule has 1 atom stereocenters. The lowest BCUT2D eigenvalue weighted by atomic mass is 10.1. The molecule has 0 aromatic heterocycles. The summed E-state index contributed by atoms with van der Waals surface area (Å²) in [6.45, 7) is 9.44. The average molecular weight is 273 g/mol. The second-order valence-electron chi connectivity index (χ2n) is 5.62. The van der Waals surface area contributed by atoms with Crippen LogP contribution in [-0.2, 0) is 0 Å². The van der Waals surface area contributed by atoms with Gasteiger partial charge in [0.15, 0.2) is 11.6 Å². The number of nitrogens with one attached hydrogen (secondary N) is 1. The van der Waals surface area contributed by atoms with Crippen molar-refractivity contribution in [3.63, 3.8) is 0 Å². The number of hydrogen-bond donors (Lipinski definition) is 1. The van der Waals surface area contributed by atoms with E-state index in [4.69, 9.17) is 0 Å². The molecule has 1 nitrogen and oxygen atoms in total. The Hall–Kier alpha value is -0.610. The fraction of sp³-hybridized carbons (Fsp3) is 0.571. The molecule has 0 spiro atoms. The van der Waals surface area contributed by atoms with Crippen molar-refractivity contribution in [3.05, 3.63) is 29.8 Å². The summed E-state index contributed by atoms with van der Waals surface area (Å²) >= 11 is 1.56. The predicted molar refractivity (Wildman–Crippen MR) is 74.0 cm³/mol. The Bertz CT molecular complexity index is 388. The van der Waals surface area contributed by atoms with Gasteiger partial charge in [-0.3, -0.25) is 0 Å². The highest BCUT2D eigenvalue weighted by Gasteiger charge is 2.11. The van der Waals surface area contributed by atoms with E-state index < -0.39 is 11.6 Å². The van der Waals surface area contributed by atoms with Crippen LogP contribution in [0.4, 0.5) is 8.78 Å². The first-order valence-corrected chi connectivity index (χ1v) is 7.09. The van der Waals surface area contributed by atoms with Crippen LogP contribution in [0.1, 0.15) is 27.7 Å². The van der Waals surface area contributed by atoms with Crippen molar-refractivity contribution in [2.24, 2.45) is 5.92 Å². The molecule has 0 heterocycles. The molecule has 0 aliphatic heterocycles. The van der Waals surface area contributed by atoms with Crippen LogP contribution < -0.4 is 5.32 Å². The largest absolute Gasteiger partial charge is 0.312 e. The second-order valence-corrected chi connectivity index (χ2v) is 6.72. The number of rotatable bonds is 5. The lowest BCUT2D eigenvalue weighted by Gasteiger charge is -2.23. The van der Waals surface area contributed by atoms with E-state index in [9.17, 15) is 8.78 Å². The van der Waals surface area contributed by atoms with Gasteiger partial charge >= 0.3 is 0 Å². The first kappa shape index (κ1) is 15.4. The molecule has 1 rings (SSSR count). The maximum absolute atomic E-state index is 13.0. The zero-order valence-electron chi connectivity index (χ0n) is 11.4. The second kappa shape index (κ2) is 6.53. The van der Waals surface area contributed by atoms with Crippen LogP contribution in [-0.4, -0.2) is 17.8 Å². The molecule has 0 amide bonds. The molecule has 1 unspecified atom stereocenters. The molecular weight excluding hydrogens is 252 g/mol. The number of halogens is 2. The molecular formula is C14H21F2NS. The molecule has 0 fully saturated rings. The van der Waals surface area contributed by atoms with Crippen LogP contribution in [0.2, 0.25) is 0 Å². The van der Waals surface area contributed by atoms with E-state index in [2.05, 4.69) is 33.0 Å². The smallest absolute Gasteiger partial charge is 0.159 e. The molecule has 0 aliphatic rings. The highest BCUT2D eigenvalue weighted by atomic mass is 32.2. The summed E-state index contributed by atoms with van der Waals surface area (Å²) in [5, 5.41) is 3.43. The summed E-state index contributed by atoms with van der Waals surface area (Å²) in [5.41, 5.74) is 0.112. The summed E-state index contributed by atoms with van der Waals surface area (Å²) in [6.07, 6.45) is 0. The third kappa shape index (κ3) is 5.83. The fourth-order valence-electron chi connectivity index (χ4n) is 1.34. The Morgan fingerprint density at radius 3 is 2.44 bits per heavy atom. The Labute approximate surface area is 112 Å². The molecule has 0 radical (unpaired) electrons. The van der Waals surface area contributed by atoms with E-state index in [-0.39, 0.29) is 5.54 Å². The summed E-state index contributed by atoms with van der Waals surface area (Å²) in [7, 11) is 0. The summed E-state index contributed by atoms with van der Waals surface area (Å²) in [6, 6.07) is 4.05. The first-order chi connectivity index (χ1) is 8.28. The highest BCUT2D eigenvalue weighted by molar-refractivity contribution is 7.99. The third-order valence-electron chi connectivity index (χ3n) is 2.41. The van der Waals surface area contributed by atoms with Crippen LogP contribution in [0.15, 0.2) is 23.1 Å². The van der Waals surface area contributed by atoms with Gasteiger partial charge in [0.2, 0.25) is 0 Å². The van der Waals surface area contributed by atoms with Crippen LogP contribution in [0, 0.1) is 17.6 Å². The normalized spacial score (nSPS) is 13.7. The summed E-state index contributed by atoms with van der Waals surface area (Å²) < 4.78 is 25.8. The predicted octanol–water partition coefficient (Wildman–Crippen LogP) is 4.08. The molecule has 0 saturated carbocycles. The number of hydrogen-bond acceptors (Lipinski definition) is 2. The van der Waals surface area contributed by atoms with Crippen molar-refractivity contribution in [1.29, 1.82) is 0 Å². The van der Waals surface area contributed by atoms with E-state index in [1.807, 2.05) is 0 Å². The monoisotopic (exact) mass is 273 g/mol. The summed E-state index contributed by atoms with van der Waals surface area (Å²) in [4.78, 5) is 0.775. The summed E-state index contributed by atoms with van der Waals surface area (Å²) in [5.74, 6) is -0.210. The van der Waals surface area contributed by atoms with Gasteiger partial charge in [0, 0.05) is 16.2 Å². The van der Waals surface area contributed by atoms with Gasteiger partial charge in [-0.05, 0) is 51.4 Å². The molecule has 0 bridgehead atoms. The Morgan fingerprint density at radius 2 is 1.89 bits per heavy atom. The Balaban J connectivity index is 2.38. The maximum Gasteiger partial charge on any atom is 0.159 e. The van der Waals surface area contributed by atoms with Crippen molar-refractivity contribution >= 4 is 11.8 Å². The molecule has 0 aliphatic carbocycles. The zero-order valence-corrected chi connectivity index (χ0v) is 12.2. The van der Waals surface area contributed by atoms with E-state index in [1.54, 1.807) is 17.8 Å². The van der Waals surface area contributed by atoms with Gasteiger partial charge < -0.3 is 5.32 Å². The zero-order chi connectivity index (χ0) is 13.8. The van der Waals surface area contributed by atoms with Crippen molar-refractivity contribution in [2.75, 3.05) is 12.3 Å². The standard InChI is InChI=1S/C14H21F2NS/c1-10(8-17-14(2,3)4)9-18-11-5-6-12(15)13(16)7-11/h5-7,10,17H,8-9H2,1-4H3. The Kier molecular flexibility index (Phi) is 5.60. The minimum atomic E-state index is -0.790. The number of thioether (sulfide) groups is 1. The lowest BCUT2D eigenvalue weighted by molar-refractivity contribution is 0.395.